The van der Waals surface area contributed by atoms with Crippen molar-refractivity contribution < 1.29 is 30.4 Å². The van der Waals surface area contributed by atoms with Crippen molar-refractivity contribution in [2.45, 2.75) is 65.5 Å². The molecule has 5 nitrogen and oxygen atoms in total. The molecule has 7 heteroatoms. The van der Waals surface area contributed by atoms with E-state index < -0.39 is 8.07 Å². The Morgan fingerprint density at radius 2 is 1.40 bits per heavy atom. The van der Waals surface area contributed by atoms with E-state index in [1.165, 1.54) is 38.1 Å². The minimum atomic E-state index is -2.09. The summed E-state index contributed by atoms with van der Waals surface area (Å²) in [7, 11) is -2.09. The molecular formula is C53H49N4OPtSi+. The van der Waals surface area contributed by atoms with E-state index in [0.29, 0.717) is 11.5 Å². The summed E-state index contributed by atoms with van der Waals surface area (Å²) in [4.78, 5) is 4.98. The van der Waals surface area contributed by atoms with Crippen LogP contribution < -0.4 is 19.7 Å². The standard InChI is InChI=1S/C52H46N4OSi.CH3.Pt/c1-51(2,3)35-27-28-53-49(30-35)56-44-29-34(39-17-12-13-18-42(39)52(4,5)6)21-24-40(44)41-25-22-37(31-45(41)56)57-38-23-26-47-46(32-38)55-33-54(36-15-10-9-11-16-36)43-19-14-20-48(50(43)55)58(47,7)8;;/h9-30H,1-8H3;1H3;/q-2;-1;+4. The summed E-state index contributed by atoms with van der Waals surface area (Å²) in [6, 6.07) is 52.9. The van der Waals surface area contributed by atoms with Gasteiger partial charge in [0.15, 0.2) is 0 Å². The van der Waals surface area contributed by atoms with E-state index >= 15 is 0 Å². The van der Waals surface area contributed by atoms with Gasteiger partial charge in [-0.05, 0) is 74.5 Å². The number of benzene rings is 6. The first-order valence-electron chi connectivity index (χ1n) is 20.1. The van der Waals surface area contributed by atoms with Crippen molar-refractivity contribution in [1.29, 1.82) is 0 Å². The molecule has 0 N–H and O–H groups in total. The van der Waals surface area contributed by atoms with Crippen molar-refractivity contribution >= 4 is 51.3 Å². The van der Waals surface area contributed by atoms with Gasteiger partial charge in [-0.15, -0.1) is 34.8 Å². The molecule has 0 spiro atoms. The maximum absolute atomic E-state index is 6.74. The molecule has 0 amide bonds. The monoisotopic (exact) mass is 980 g/mol. The molecule has 0 atom stereocenters. The van der Waals surface area contributed by atoms with Crippen molar-refractivity contribution in [3.8, 4) is 39.8 Å². The van der Waals surface area contributed by atoms with Crippen LogP contribution in [0.15, 0.2) is 134 Å². The minimum Gasteiger partial charge on any atom is -0.510 e. The molecule has 6 aromatic carbocycles. The van der Waals surface area contributed by atoms with Gasteiger partial charge in [-0.3, -0.25) is 4.57 Å². The van der Waals surface area contributed by atoms with Crippen molar-refractivity contribution in [3.05, 3.63) is 171 Å². The van der Waals surface area contributed by atoms with Crippen LogP contribution in [0.2, 0.25) is 13.1 Å². The fraction of sp³-hybridized carbons (Fsp3) is 0.189. The van der Waals surface area contributed by atoms with Crippen molar-refractivity contribution in [2.75, 3.05) is 0 Å². The smallest absolute Gasteiger partial charge is 0.510 e. The zero-order chi connectivity index (χ0) is 40.1. The average molecular weight is 981 g/mol. The normalized spacial score (nSPS) is 13.2. The van der Waals surface area contributed by atoms with Gasteiger partial charge in [-0.1, -0.05) is 138 Å². The maximum atomic E-state index is 6.74. The van der Waals surface area contributed by atoms with E-state index in [1.807, 2.05) is 18.3 Å². The number of pyridine rings is 1. The third-order valence-electron chi connectivity index (χ3n) is 11.9. The van der Waals surface area contributed by atoms with Gasteiger partial charge in [0, 0.05) is 31.3 Å². The van der Waals surface area contributed by atoms with Gasteiger partial charge in [0.25, 0.3) is 6.33 Å². The molecule has 10 rings (SSSR count). The Morgan fingerprint density at radius 1 is 0.683 bits per heavy atom. The maximum Gasteiger partial charge on any atom is 4.00 e. The Balaban J connectivity index is 0.00000249. The predicted octanol–water partition coefficient (Wildman–Crippen LogP) is 11.4. The first-order valence-corrected chi connectivity index (χ1v) is 23.1. The van der Waals surface area contributed by atoms with Crippen LogP contribution in [-0.4, -0.2) is 22.2 Å². The minimum absolute atomic E-state index is 0. The second-order valence-corrected chi connectivity index (χ2v) is 22.5. The van der Waals surface area contributed by atoms with Crippen LogP contribution in [0.5, 0.6) is 11.5 Å². The summed E-state index contributed by atoms with van der Waals surface area (Å²) in [5.74, 6) is 2.11. The SMILES string of the molecule is CC(C)(C)c1ccnc(-n2c3[c-]c(Oc4[c-]c5c(cc4)[Si](C)(C)c4cccc6c4n-5[c-][n+]6-c4ccccc4)ccc3c3ccc(-c4ccccc4C(C)(C)C)cc32)c1.[CH3-].[Pt+4]. The summed E-state index contributed by atoms with van der Waals surface area (Å²) in [6.07, 6.45) is 5.62. The number of ether oxygens (including phenoxy) is 1. The zero-order valence-electron chi connectivity index (χ0n) is 35.7. The number of aromatic nitrogens is 4. The van der Waals surface area contributed by atoms with E-state index in [9.17, 15) is 0 Å². The number of fused-ring (bicyclic) bond motifs is 5. The third kappa shape index (κ3) is 6.65. The molecule has 4 heterocycles. The van der Waals surface area contributed by atoms with E-state index in [0.717, 1.165) is 44.5 Å². The van der Waals surface area contributed by atoms with E-state index in [1.54, 1.807) is 0 Å². The molecule has 0 radical (unpaired) electrons. The molecule has 60 heavy (non-hydrogen) atoms. The van der Waals surface area contributed by atoms with Crippen LogP contribution in [-0.2, 0) is 31.9 Å². The predicted molar refractivity (Wildman–Crippen MR) is 246 cm³/mol. The number of nitrogens with zero attached hydrogens (tertiary/aromatic N) is 4. The van der Waals surface area contributed by atoms with Gasteiger partial charge in [-0.25, -0.2) is 4.98 Å². The summed E-state index contributed by atoms with van der Waals surface area (Å²) < 4.78 is 13.3. The number of rotatable bonds is 5. The zero-order valence-corrected chi connectivity index (χ0v) is 39.0. The molecule has 1 aliphatic rings. The van der Waals surface area contributed by atoms with Crippen LogP contribution in [0.1, 0.15) is 52.7 Å². The van der Waals surface area contributed by atoms with Crippen molar-refractivity contribution in [2.24, 2.45) is 0 Å². The Hall–Kier alpha value is -5.55. The molecule has 0 saturated heterocycles. The van der Waals surface area contributed by atoms with Gasteiger partial charge in [0.2, 0.25) is 0 Å². The van der Waals surface area contributed by atoms with Crippen LogP contribution in [0.3, 0.4) is 0 Å². The third-order valence-corrected chi connectivity index (χ3v) is 15.4. The number of hydrogen-bond donors (Lipinski definition) is 0. The number of para-hydroxylation sites is 2. The van der Waals surface area contributed by atoms with Crippen LogP contribution in [0.4, 0.5) is 0 Å². The van der Waals surface area contributed by atoms with Crippen LogP contribution in [0, 0.1) is 25.9 Å². The molecule has 300 valence electrons. The topological polar surface area (TPSA) is 35.9 Å². The van der Waals surface area contributed by atoms with Gasteiger partial charge in [0.1, 0.15) is 5.82 Å². The van der Waals surface area contributed by atoms with E-state index in [4.69, 9.17) is 9.72 Å². The number of imidazole rings is 1. The second-order valence-electron chi connectivity index (χ2n) is 18.2. The van der Waals surface area contributed by atoms with Crippen molar-refractivity contribution in [3.63, 3.8) is 0 Å². The molecule has 0 bridgehead atoms. The molecule has 1 aliphatic heterocycles. The average Bonchev–Trinajstić information content (AvgIpc) is 3.76. The molecule has 3 aromatic heterocycles. The van der Waals surface area contributed by atoms with Gasteiger partial charge in [-0.2, -0.15) is 12.1 Å². The number of hydrogen-bond acceptors (Lipinski definition) is 2. The first-order chi connectivity index (χ1) is 27.8. The van der Waals surface area contributed by atoms with Crippen molar-refractivity contribution in [1.82, 2.24) is 14.1 Å². The van der Waals surface area contributed by atoms with Gasteiger partial charge in [0.05, 0.1) is 16.7 Å². The van der Waals surface area contributed by atoms with E-state index in [-0.39, 0.29) is 39.3 Å². The Morgan fingerprint density at radius 3 is 2.17 bits per heavy atom. The second kappa shape index (κ2) is 14.9. The fourth-order valence-electron chi connectivity index (χ4n) is 8.84. The summed E-state index contributed by atoms with van der Waals surface area (Å²) >= 11 is 0. The molecular weight excluding hydrogens is 932 g/mol. The summed E-state index contributed by atoms with van der Waals surface area (Å²) in [5, 5.41) is 4.93. The Labute approximate surface area is 369 Å². The summed E-state index contributed by atoms with van der Waals surface area (Å²) in [5.41, 5.74) is 11.3. The summed E-state index contributed by atoms with van der Waals surface area (Å²) in [6.45, 7) is 18.4. The fourth-order valence-corrected chi connectivity index (χ4v) is 11.7. The van der Waals surface area contributed by atoms with E-state index in [2.05, 4.69) is 202 Å². The van der Waals surface area contributed by atoms with Gasteiger partial charge >= 0.3 is 21.1 Å². The molecule has 9 aromatic rings. The first kappa shape index (κ1) is 41.2. The Kier molecular flexibility index (Phi) is 10.2. The van der Waals surface area contributed by atoms with Crippen LogP contribution in [0.25, 0.3) is 61.2 Å². The largest absolute Gasteiger partial charge is 4.00 e. The van der Waals surface area contributed by atoms with Gasteiger partial charge < -0.3 is 21.3 Å². The molecule has 0 aliphatic carbocycles. The molecule has 0 unspecified atom stereocenters. The quantitative estimate of drug-likeness (QED) is 0.0979. The molecule has 0 saturated carbocycles. The Bertz CT molecular complexity index is 3090. The van der Waals surface area contributed by atoms with Crippen LogP contribution >= 0.6 is 0 Å². The molecule has 0 fully saturated rings.